The monoisotopic (exact) mass is 416 g/mol. The minimum atomic E-state index is 0.533. The second-order valence-electron chi connectivity index (χ2n) is 5.96. The largest absolute Gasteiger partial charge is 0.404 e. The average molecular weight is 417 g/mol. The molecule has 0 bridgehead atoms. The van der Waals surface area contributed by atoms with E-state index in [4.69, 9.17) is 5.73 Å². The summed E-state index contributed by atoms with van der Waals surface area (Å²) >= 11 is 0. The van der Waals surface area contributed by atoms with E-state index in [0.717, 1.165) is 22.3 Å². The highest BCUT2D eigenvalue weighted by Crippen LogP contribution is 2.24. The van der Waals surface area contributed by atoms with Gasteiger partial charge in [-0.3, -0.25) is 15.2 Å². The molecule has 0 unspecified atom stereocenters. The zero-order chi connectivity index (χ0) is 22.6. The molecule has 0 saturated carbocycles. The van der Waals surface area contributed by atoms with Gasteiger partial charge < -0.3 is 5.73 Å². The van der Waals surface area contributed by atoms with Crippen LogP contribution in [0.5, 0.6) is 0 Å². The van der Waals surface area contributed by atoms with Crippen LogP contribution in [0.25, 0.3) is 33.9 Å². The predicted molar refractivity (Wildman–Crippen MR) is 128 cm³/mol. The second kappa shape index (κ2) is 11.8. The topological polar surface area (TPSA) is 122 Å². The molecule has 160 valence electrons. The van der Waals surface area contributed by atoms with Gasteiger partial charge in [-0.15, -0.1) is 0 Å². The summed E-state index contributed by atoms with van der Waals surface area (Å²) < 4.78 is 0. The molecule has 3 rings (SSSR count). The molecule has 0 atom stereocenters. The first-order chi connectivity index (χ1) is 15.2. The average Bonchev–Trinajstić information content (AvgIpc) is 3.49. The van der Waals surface area contributed by atoms with Crippen molar-refractivity contribution in [3.8, 4) is 22.8 Å². The second-order valence-corrected chi connectivity index (χ2v) is 5.96. The van der Waals surface area contributed by atoms with Crippen LogP contribution in [0.3, 0.4) is 0 Å². The molecule has 0 spiro atoms. The number of H-pyrrole nitrogens is 2. The quantitative estimate of drug-likeness (QED) is 0.388. The molecular weight excluding hydrogens is 388 g/mol. The first-order valence-corrected chi connectivity index (χ1v) is 9.96. The Labute approximate surface area is 182 Å². The summed E-state index contributed by atoms with van der Waals surface area (Å²) in [4.78, 5) is 13.1. The smallest absolute Gasteiger partial charge is 0.183 e. The van der Waals surface area contributed by atoms with E-state index in [-0.39, 0.29) is 0 Å². The summed E-state index contributed by atoms with van der Waals surface area (Å²) in [7, 11) is 1.70. The molecule has 8 heteroatoms. The fraction of sp³-hybridized carbons (Fsp3) is 0.174. The lowest BCUT2D eigenvalue weighted by Crippen LogP contribution is -1.90. The number of aliphatic imine (C=N–C) groups is 1. The summed E-state index contributed by atoms with van der Waals surface area (Å²) in [6.45, 7) is 9.63. The van der Waals surface area contributed by atoms with Crippen molar-refractivity contribution in [2.24, 2.45) is 10.7 Å². The number of hydrogen-bond donors (Lipinski definition) is 3. The molecule has 1 aromatic carbocycles. The van der Waals surface area contributed by atoms with Gasteiger partial charge in [-0.2, -0.15) is 10.2 Å². The molecule has 0 fully saturated rings. The molecule has 0 aliphatic heterocycles. The number of nitrogens with two attached hydrogens (primary N) is 1. The van der Waals surface area contributed by atoms with Crippen LogP contribution in [-0.4, -0.2) is 43.6 Å². The lowest BCUT2D eigenvalue weighted by atomic mass is 10.1. The zero-order valence-electron chi connectivity index (χ0n) is 18.3. The number of allylic oxidation sites excluding steroid dienone is 6. The van der Waals surface area contributed by atoms with Gasteiger partial charge in [-0.1, -0.05) is 62.9 Å². The van der Waals surface area contributed by atoms with Gasteiger partial charge >= 0.3 is 0 Å². The number of aromatic amines is 2. The molecule has 0 amide bonds. The maximum atomic E-state index is 5.66. The van der Waals surface area contributed by atoms with Gasteiger partial charge in [-0.25, -0.2) is 9.97 Å². The number of aromatic nitrogens is 6. The van der Waals surface area contributed by atoms with Crippen molar-refractivity contribution in [3.05, 3.63) is 73.0 Å². The van der Waals surface area contributed by atoms with Gasteiger partial charge in [-0.05, 0) is 13.0 Å². The van der Waals surface area contributed by atoms with E-state index < -0.39 is 0 Å². The van der Waals surface area contributed by atoms with Gasteiger partial charge in [0.05, 0.1) is 0 Å². The first kappa shape index (κ1) is 23.2. The van der Waals surface area contributed by atoms with E-state index in [1.807, 2.05) is 57.2 Å². The van der Waals surface area contributed by atoms with E-state index in [0.29, 0.717) is 23.3 Å². The Bertz CT molecular complexity index is 1110. The third-order valence-corrected chi connectivity index (χ3v) is 3.99. The molecule has 0 saturated heterocycles. The Hall–Kier alpha value is -4.07. The molecule has 2 heterocycles. The van der Waals surface area contributed by atoms with E-state index in [9.17, 15) is 0 Å². The number of nitrogens with one attached hydrogen (secondary N) is 2. The van der Waals surface area contributed by atoms with Gasteiger partial charge in [0.2, 0.25) is 0 Å². The van der Waals surface area contributed by atoms with E-state index in [1.54, 1.807) is 25.4 Å². The highest BCUT2D eigenvalue weighted by atomic mass is 15.2. The summed E-state index contributed by atoms with van der Waals surface area (Å²) in [5, 5.41) is 14.5. The standard InChI is InChI=1S/C21H22N8.C2H6/c1-4-7-16(12-22)20-24-18(26-28-20)14-9-6-10-15(11-14)19-25-21(29-27-19)17(8-5-2)13-23-3;1-2/h4-13H,2,22H2,1,3H3,(H,24,26,28)(H,25,27,29);1-2H3/b7-4-,16-12+,17-8+,23-13?;. The van der Waals surface area contributed by atoms with Gasteiger partial charge in [0.1, 0.15) is 0 Å². The SMILES string of the molecule is C=C/C=C(\C=NC)c1n[nH]c(-c2cccc(-c3nc(C(/C=C\C)=C/N)n[nH]3)c2)n1.CC. The Kier molecular flexibility index (Phi) is 8.85. The normalized spacial score (nSPS) is 12.3. The van der Waals surface area contributed by atoms with Gasteiger partial charge in [0.15, 0.2) is 23.3 Å². The maximum absolute atomic E-state index is 5.66. The lowest BCUT2D eigenvalue weighted by molar-refractivity contribution is 1.07. The minimum absolute atomic E-state index is 0.533. The van der Waals surface area contributed by atoms with Crippen LogP contribution in [0.1, 0.15) is 32.4 Å². The van der Waals surface area contributed by atoms with Crippen molar-refractivity contribution >= 4 is 17.4 Å². The fourth-order valence-corrected chi connectivity index (χ4v) is 2.68. The molecule has 2 aromatic heterocycles. The molecule has 0 radical (unpaired) electrons. The molecule has 3 aromatic rings. The van der Waals surface area contributed by atoms with Crippen molar-refractivity contribution < 1.29 is 0 Å². The van der Waals surface area contributed by atoms with Crippen LogP contribution in [0.2, 0.25) is 0 Å². The van der Waals surface area contributed by atoms with Gasteiger partial charge in [0, 0.05) is 41.7 Å². The van der Waals surface area contributed by atoms with Crippen LogP contribution in [0, 0.1) is 0 Å². The van der Waals surface area contributed by atoms with Crippen LogP contribution in [0.15, 0.2) is 66.3 Å². The molecular formula is C23H28N8. The Morgan fingerprint density at radius 3 is 2.10 bits per heavy atom. The molecule has 0 aliphatic rings. The first-order valence-electron chi connectivity index (χ1n) is 9.96. The Morgan fingerprint density at radius 2 is 1.61 bits per heavy atom. The molecule has 0 aliphatic carbocycles. The van der Waals surface area contributed by atoms with Crippen LogP contribution in [0.4, 0.5) is 0 Å². The van der Waals surface area contributed by atoms with Crippen molar-refractivity contribution in [1.29, 1.82) is 0 Å². The van der Waals surface area contributed by atoms with Crippen molar-refractivity contribution in [2.75, 3.05) is 7.05 Å². The number of nitrogens with zero attached hydrogens (tertiary/aromatic N) is 5. The summed E-state index contributed by atoms with van der Waals surface area (Å²) in [5.74, 6) is 2.35. The third kappa shape index (κ3) is 5.72. The van der Waals surface area contributed by atoms with Crippen LogP contribution < -0.4 is 5.73 Å². The highest BCUT2D eigenvalue weighted by molar-refractivity contribution is 6.08. The molecule has 31 heavy (non-hydrogen) atoms. The minimum Gasteiger partial charge on any atom is -0.404 e. The van der Waals surface area contributed by atoms with Gasteiger partial charge in [0.25, 0.3) is 0 Å². The molecule has 8 nitrogen and oxygen atoms in total. The number of benzene rings is 1. The maximum Gasteiger partial charge on any atom is 0.183 e. The Morgan fingerprint density at radius 1 is 1.03 bits per heavy atom. The number of rotatable bonds is 7. The van der Waals surface area contributed by atoms with E-state index >= 15 is 0 Å². The van der Waals surface area contributed by atoms with Crippen molar-refractivity contribution in [3.63, 3.8) is 0 Å². The van der Waals surface area contributed by atoms with Crippen molar-refractivity contribution in [2.45, 2.75) is 20.8 Å². The number of hydrogen-bond acceptors (Lipinski definition) is 6. The summed E-state index contributed by atoms with van der Waals surface area (Å²) in [6, 6.07) is 7.77. The zero-order valence-corrected chi connectivity index (χ0v) is 18.3. The van der Waals surface area contributed by atoms with E-state index in [1.165, 1.54) is 6.20 Å². The van der Waals surface area contributed by atoms with Crippen LogP contribution in [-0.2, 0) is 0 Å². The lowest BCUT2D eigenvalue weighted by Gasteiger charge is -2.00. The fourth-order valence-electron chi connectivity index (χ4n) is 2.68. The molecule has 4 N–H and O–H groups in total. The highest BCUT2D eigenvalue weighted by Gasteiger charge is 2.12. The predicted octanol–water partition coefficient (Wildman–Crippen LogP) is 4.43. The van der Waals surface area contributed by atoms with Crippen molar-refractivity contribution in [1.82, 2.24) is 30.4 Å². The third-order valence-electron chi connectivity index (χ3n) is 3.99. The van der Waals surface area contributed by atoms with Crippen LogP contribution >= 0.6 is 0 Å². The summed E-state index contributed by atoms with van der Waals surface area (Å²) in [5.41, 5.74) is 8.91. The summed E-state index contributed by atoms with van der Waals surface area (Å²) in [6.07, 6.45) is 10.4. The Balaban J connectivity index is 0.00000166. The van der Waals surface area contributed by atoms with E-state index in [2.05, 4.69) is 41.9 Å².